The smallest absolute Gasteiger partial charge is 0.407 e. The molecule has 2 aliphatic rings. The molecule has 8 rings (SSSR count). The number of amides is 3. The number of methoxy groups -OCH3 is 1. The molecule has 4 aromatic carbocycles. The number of nitrogens with zero attached hydrogens (tertiary/aromatic N) is 5. The first kappa shape index (κ1) is 43.3. The Balaban J connectivity index is 0.952. The number of aromatic nitrogens is 4. The van der Waals surface area contributed by atoms with Crippen molar-refractivity contribution in [1.29, 1.82) is 0 Å². The highest BCUT2D eigenvalue weighted by Crippen LogP contribution is 2.35. The summed E-state index contributed by atoms with van der Waals surface area (Å²) in [6, 6.07) is 30.0. The Morgan fingerprint density at radius 3 is 2.16 bits per heavy atom. The van der Waals surface area contributed by atoms with E-state index in [1.54, 1.807) is 0 Å². The van der Waals surface area contributed by atoms with E-state index in [0.29, 0.717) is 39.4 Å². The molecule has 2 fully saturated rings. The van der Waals surface area contributed by atoms with E-state index in [-0.39, 0.29) is 35.9 Å². The molecule has 0 bridgehead atoms. The van der Waals surface area contributed by atoms with Crippen molar-refractivity contribution >= 4 is 28.7 Å². The van der Waals surface area contributed by atoms with Crippen molar-refractivity contribution in [3.63, 3.8) is 0 Å². The summed E-state index contributed by atoms with van der Waals surface area (Å²) in [4.78, 5) is 62.8. The number of hydrogen-bond acceptors (Lipinski definition) is 8. The van der Waals surface area contributed by atoms with Crippen molar-refractivity contribution in [2.75, 3.05) is 46.5 Å². The lowest BCUT2D eigenvalue weighted by Crippen LogP contribution is -2.51. The average molecular weight is 851 g/mol. The van der Waals surface area contributed by atoms with Crippen LogP contribution < -0.4 is 5.32 Å². The maximum Gasteiger partial charge on any atom is 0.407 e. The van der Waals surface area contributed by atoms with Gasteiger partial charge in [0.05, 0.1) is 56.2 Å². The predicted octanol–water partition coefficient (Wildman–Crippen LogP) is 8.70. The van der Waals surface area contributed by atoms with Gasteiger partial charge in [0, 0.05) is 31.7 Å². The standard InChI is InChI=1S/C50H58N8O5/c1-6-42(57(7-2)49(60)45(35-12-9-8-10-13-35)56-24-26-63-27-25-56)46-51-30-40(53-46)34-17-15-33(16-18-34)36-19-20-38-29-39(22-21-37(38)28-36)41-31-52-47(54-41)43-14-11-23-58(43)48(59)44(32(3)4)55-50(61)62-5/h8-10,12-13,15-22,28-32,42-45H,6-7,11,14,23-27H2,1-5H3,(H,51,53)(H,52,54)(H,55,61)/t42?,43-,44-,45?/m0/s1. The average Bonchev–Trinajstić information content (AvgIpc) is 4.13. The van der Waals surface area contributed by atoms with Gasteiger partial charge in [-0.25, -0.2) is 14.8 Å². The summed E-state index contributed by atoms with van der Waals surface area (Å²) < 4.78 is 10.4. The minimum Gasteiger partial charge on any atom is -0.453 e. The number of likely N-dealkylation sites (N-methyl/N-ethyl adjacent to an activating group) is 1. The van der Waals surface area contributed by atoms with E-state index in [1.165, 1.54) is 7.11 Å². The molecule has 2 saturated heterocycles. The van der Waals surface area contributed by atoms with Crippen molar-refractivity contribution in [2.24, 2.45) is 5.92 Å². The third kappa shape index (κ3) is 9.26. The zero-order valence-electron chi connectivity index (χ0n) is 36.8. The van der Waals surface area contributed by atoms with E-state index < -0.39 is 12.1 Å². The third-order valence-electron chi connectivity index (χ3n) is 12.6. The molecule has 13 heteroatoms. The van der Waals surface area contributed by atoms with Crippen LogP contribution in [0.2, 0.25) is 0 Å². The monoisotopic (exact) mass is 850 g/mol. The van der Waals surface area contributed by atoms with Crippen LogP contribution >= 0.6 is 0 Å². The Kier molecular flexibility index (Phi) is 13.3. The number of alkyl carbamates (subject to hydrolysis) is 1. The maximum absolute atomic E-state index is 14.5. The van der Waals surface area contributed by atoms with Crippen LogP contribution in [0.5, 0.6) is 0 Å². The number of rotatable bonds is 14. The van der Waals surface area contributed by atoms with Crippen molar-refractivity contribution in [3.8, 4) is 33.6 Å². The van der Waals surface area contributed by atoms with Crippen LogP contribution in [0, 0.1) is 5.92 Å². The molecule has 13 nitrogen and oxygen atoms in total. The summed E-state index contributed by atoms with van der Waals surface area (Å²) in [6.07, 6.45) is 5.45. The van der Waals surface area contributed by atoms with Crippen LogP contribution in [0.25, 0.3) is 44.4 Å². The number of ether oxygens (including phenoxy) is 2. The van der Waals surface area contributed by atoms with Crippen molar-refractivity contribution in [3.05, 3.63) is 121 Å². The van der Waals surface area contributed by atoms with E-state index >= 15 is 0 Å². The first-order chi connectivity index (χ1) is 30.7. The van der Waals surface area contributed by atoms with Crippen molar-refractivity contribution in [2.45, 2.75) is 71.1 Å². The highest BCUT2D eigenvalue weighted by atomic mass is 16.5. The number of aromatic amines is 2. The number of fused-ring (bicyclic) bond motifs is 1. The normalized spacial score (nSPS) is 17.1. The largest absolute Gasteiger partial charge is 0.453 e. The number of benzene rings is 4. The van der Waals surface area contributed by atoms with Crippen molar-refractivity contribution in [1.82, 2.24) is 40.0 Å². The van der Waals surface area contributed by atoms with Crippen LogP contribution in [-0.2, 0) is 19.1 Å². The van der Waals surface area contributed by atoms with E-state index in [2.05, 4.69) is 87.8 Å². The van der Waals surface area contributed by atoms with E-state index in [4.69, 9.17) is 19.4 Å². The molecule has 63 heavy (non-hydrogen) atoms. The van der Waals surface area contributed by atoms with Gasteiger partial charge in [-0.05, 0) is 77.3 Å². The second-order valence-electron chi connectivity index (χ2n) is 16.8. The molecule has 4 heterocycles. The van der Waals surface area contributed by atoms with Gasteiger partial charge in [0.2, 0.25) is 11.8 Å². The van der Waals surface area contributed by atoms with Crippen LogP contribution in [-0.4, -0.2) is 105 Å². The highest BCUT2D eigenvalue weighted by Gasteiger charge is 2.38. The number of hydrogen-bond donors (Lipinski definition) is 3. The minimum absolute atomic E-state index is 0.0793. The summed E-state index contributed by atoms with van der Waals surface area (Å²) in [5, 5.41) is 4.93. The zero-order valence-corrected chi connectivity index (χ0v) is 36.8. The SMILES string of the molecule is CCC(c1ncc(-c2ccc(-c3ccc4cc(-c5cnc([C@@H]6CCCN6C(=O)[C@@H](NC(=O)OC)C(C)C)[nH]5)ccc4c3)cc2)[nH]1)N(CC)C(=O)C(c1ccccc1)N1CCOCC1. The fourth-order valence-electron chi connectivity index (χ4n) is 9.16. The van der Waals surface area contributed by atoms with E-state index in [1.807, 2.05) is 73.3 Å². The van der Waals surface area contributed by atoms with Gasteiger partial charge >= 0.3 is 6.09 Å². The molecule has 0 saturated carbocycles. The first-order valence-electron chi connectivity index (χ1n) is 22.2. The van der Waals surface area contributed by atoms with Gasteiger partial charge in [0.15, 0.2) is 0 Å². The van der Waals surface area contributed by atoms with Gasteiger partial charge in [-0.2, -0.15) is 0 Å². The Bertz CT molecular complexity index is 2510. The molecular weight excluding hydrogens is 793 g/mol. The number of carbonyl (C=O) groups excluding carboxylic acids is 3. The molecule has 6 aromatic rings. The Morgan fingerprint density at radius 2 is 1.48 bits per heavy atom. The summed E-state index contributed by atoms with van der Waals surface area (Å²) in [7, 11) is 1.30. The predicted molar refractivity (Wildman–Crippen MR) is 244 cm³/mol. The molecular formula is C50H58N8O5. The molecule has 4 atom stereocenters. The van der Waals surface area contributed by atoms with E-state index in [9.17, 15) is 14.4 Å². The van der Waals surface area contributed by atoms with Crippen LogP contribution in [0.3, 0.4) is 0 Å². The van der Waals surface area contributed by atoms with Gasteiger partial charge in [-0.1, -0.05) is 99.6 Å². The molecule has 0 aliphatic carbocycles. The quantitative estimate of drug-likeness (QED) is 0.0986. The fraction of sp³-hybridized carbons (Fsp3) is 0.380. The molecule has 3 N–H and O–H groups in total. The van der Waals surface area contributed by atoms with Gasteiger partial charge in [-0.3, -0.25) is 14.5 Å². The van der Waals surface area contributed by atoms with Crippen molar-refractivity contribution < 1.29 is 23.9 Å². The number of carbonyl (C=O) groups is 3. The molecule has 2 aliphatic heterocycles. The van der Waals surface area contributed by atoms with Gasteiger partial charge in [0.1, 0.15) is 23.7 Å². The second kappa shape index (κ2) is 19.4. The summed E-state index contributed by atoms with van der Waals surface area (Å²) >= 11 is 0. The van der Waals surface area contributed by atoms with Crippen LogP contribution in [0.15, 0.2) is 103 Å². The van der Waals surface area contributed by atoms with Crippen LogP contribution in [0.1, 0.15) is 82.3 Å². The summed E-state index contributed by atoms with van der Waals surface area (Å²) in [5.41, 5.74) is 7.01. The topological polar surface area (TPSA) is 149 Å². The molecule has 328 valence electrons. The Labute approximate surface area is 369 Å². The number of H-pyrrole nitrogens is 2. The molecule has 0 radical (unpaired) electrons. The number of imidazole rings is 2. The second-order valence-corrected chi connectivity index (χ2v) is 16.8. The lowest BCUT2D eigenvalue weighted by molar-refractivity contribution is -0.142. The van der Waals surface area contributed by atoms with Gasteiger partial charge < -0.3 is 34.6 Å². The van der Waals surface area contributed by atoms with Crippen LogP contribution in [0.4, 0.5) is 4.79 Å². The zero-order chi connectivity index (χ0) is 44.0. The minimum atomic E-state index is -0.684. The Morgan fingerprint density at radius 1 is 0.825 bits per heavy atom. The number of nitrogens with one attached hydrogen (secondary N) is 3. The Hall–Kier alpha value is -6.31. The fourth-order valence-corrected chi connectivity index (χ4v) is 9.16. The molecule has 2 aromatic heterocycles. The van der Waals surface area contributed by atoms with E-state index in [0.717, 1.165) is 80.9 Å². The lowest BCUT2D eigenvalue weighted by Gasteiger charge is -2.38. The number of morpholine rings is 1. The molecule has 2 unspecified atom stereocenters. The summed E-state index contributed by atoms with van der Waals surface area (Å²) in [6.45, 7) is 11.8. The lowest BCUT2D eigenvalue weighted by atomic mass is 9.98. The molecule has 3 amide bonds. The van der Waals surface area contributed by atoms with Gasteiger partial charge in [-0.15, -0.1) is 0 Å². The summed E-state index contributed by atoms with van der Waals surface area (Å²) in [5.74, 6) is 1.36. The maximum atomic E-state index is 14.5. The first-order valence-corrected chi connectivity index (χ1v) is 22.2. The molecule has 0 spiro atoms. The number of likely N-dealkylation sites (tertiary alicyclic amines) is 1. The van der Waals surface area contributed by atoms with Gasteiger partial charge in [0.25, 0.3) is 0 Å². The highest BCUT2D eigenvalue weighted by molar-refractivity contribution is 5.91. The third-order valence-corrected chi connectivity index (χ3v) is 12.6.